The smallest absolute Gasteiger partial charge is 0.326 e. The number of carboxylic acid groups (broad SMARTS) is 1. The van der Waals surface area contributed by atoms with Crippen molar-refractivity contribution in [1.29, 1.82) is 0 Å². The minimum atomic E-state index is -0.940. The third-order valence-corrected chi connectivity index (χ3v) is 3.47. The number of hydrogen-bond donors (Lipinski definition) is 1. The van der Waals surface area contributed by atoms with Gasteiger partial charge in [0.2, 0.25) is 0 Å². The van der Waals surface area contributed by atoms with Crippen LogP contribution in [0, 0.1) is 10.1 Å². The number of rotatable bonds is 3. The summed E-state index contributed by atoms with van der Waals surface area (Å²) in [6.45, 7) is 0.527. The number of carboxylic acids is 1. The van der Waals surface area contributed by atoms with Crippen LogP contribution in [0.3, 0.4) is 0 Å². The molecule has 1 aliphatic rings. The lowest BCUT2D eigenvalue weighted by Gasteiger charge is -2.23. The van der Waals surface area contributed by atoms with Crippen LogP contribution in [-0.2, 0) is 4.79 Å². The monoisotopic (exact) mass is 314 g/mol. The van der Waals surface area contributed by atoms with Crippen LogP contribution >= 0.6 is 15.9 Å². The zero-order chi connectivity index (χ0) is 13.3. The predicted octanol–water partition coefficient (Wildman–Crippen LogP) is 2.41. The fourth-order valence-electron chi connectivity index (χ4n) is 2.20. The summed E-state index contributed by atoms with van der Waals surface area (Å²) in [5.41, 5.74) is 0.297. The highest BCUT2D eigenvalue weighted by atomic mass is 79.9. The van der Waals surface area contributed by atoms with Gasteiger partial charge in [-0.2, -0.15) is 0 Å². The third-order valence-electron chi connectivity index (χ3n) is 2.98. The SMILES string of the molecule is O=C(O)C1CCCN1c1ccc(Br)cc1[N+](=O)[O-]. The minimum absolute atomic E-state index is 0.0717. The second-order valence-electron chi connectivity index (χ2n) is 4.08. The maximum Gasteiger partial charge on any atom is 0.326 e. The molecule has 6 nitrogen and oxygen atoms in total. The van der Waals surface area contributed by atoms with E-state index in [1.807, 2.05) is 0 Å². The van der Waals surface area contributed by atoms with Gasteiger partial charge in [0.05, 0.1) is 4.92 Å². The molecule has 0 bridgehead atoms. The number of nitrogens with zero attached hydrogens (tertiary/aromatic N) is 2. The van der Waals surface area contributed by atoms with Crippen molar-refractivity contribution in [3.05, 3.63) is 32.8 Å². The molecule has 1 unspecified atom stereocenters. The van der Waals surface area contributed by atoms with E-state index in [9.17, 15) is 14.9 Å². The van der Waals surface area contributed by atoms with Crippen molar-refractivity contribution < 1.29 is 14.8 Å². The van der Waals surface area contributed by atoms with Gasteiger partial charge in [0.1, 0.15) is 11.7 Å². The Morgan fingerprint density at radius 1 is 1.56 bits per heavy atom. The molecule has 1 fully saturated rings. The van der Waals surface area contributed by atoms with Gasteiger partial charge in [0.15, 0.2) is 0 Å². The number of nitro groups is 1. The summed E-state index contributed by atoms with van der Waals surface area (Å²) in [6, 6.07) is 3.99. The fraction of sp³-hybridized carbons (Fsp3) is 0.364. The summed E-state index contributed by atoms with van der Waals surface area (Å²) >= 11 is 3.18. The van der Waals surface area contributed by atoms with Crippen molar-refractivity contribution in [3.8, 4) is 0 Å². The average molecular weight is 315 g/mol. The van der Waals surface area contributed by atoms with Gasteiger partial charge in [-0.1, -0.05) is 15.9 Å². The molecule has 0 aromatic heterocycles. The van der Waals surface area contributed by atoms with Crippen molar-refractivity contribution in [2.24, 2.45) is 0 Å². The Bertz CT molecular complexity index is 506. The minimum Gasteiger partial charge on any atom is -0.480 e. The van der Waals surface area contributed by atoms with Crippen LogP contribution in [0.4, 0.5) is 11.4 Å². The van der Waals surface area contributed by atoms with Crippen molar-refractivity contribution in [1.82, 2.24) is 0 Å². The first-order valence-corrected chi connectivity index (χ1v) is 6.23. The molecule has 1 N–H and O–H groups in total. The second kappa shape index (κ2) is 4.93. The molecule has 0 aliphatic carbocycles. The summed E-state index contributed by atoms with van der Waals surface area (Å²) < 4.78 is 0.601. The van der Waals surface area contributed by atoms with Crippen LogP contribution in [0.25, 0.3) is 0 Å². The van der Waals surface area contributed by atoms with E-state index < -0.39 is 16.9 Å². The van der Waals surface area contributed by atoms with Crippen LogP contribution < -0.4 is 4.90 Å². The van der Waals surface area contributed by atoms with Crippen LogP contribution in [-0.4, -0.2) is 28.6 Å². The number of anilines is 1. The Kier molecular flexibility index (Phi) is 3.51. The van der Waals surface area contributed by atoms with Crippen molar-refractivity contribution in [2.75, 3.05) is 11.4 Å². The molecule has 2 rings (SSSR count). The van der Waals surface area contributed by atoms with Crippen molar-refractivity contribution in [2.45, 2.75) is 18.9 Å². The lowest BCUT2D eigenvalue weighted by molar-refractivity contribution is -0.384. The Labute approximate surface area is 111 Å². The van der Waals surface area contributed by atoms with Crippen molar-refractivity contribution >= 4 is 33.3 Å². The van der Waals surface area contributed by atoms with E-state index in [2.05, 4.69) is 15.9 Å². The highest BCUT2D eigenvalue weighted by Gasteiger charge is 2.34. The topological polar surface area (TPSA) is 83.7 Å². The van der Waals surface area contributed by atoms with Gasteiger partial charge in [-0.3, -0.25) is 10.1 Å². The molecule has 1 atom stereocenters. The number of halogens is 1. The van der Waals surface area contributed by atoms with Crippen LogP contribution in [0.5, 0.6) is 0 Å². The second-order valence-corrected chi connectivity index (χ2v) is 5.00. The van der Waals surface area contributed by atoms with E-state index >= 15 is 0 Å². The Balaban J connectivity index is 2.44. The molecular formula is C11H11BrN2O4. The summed E-state index contributed by atoms with van der Waals surface area (Å²) in [4.78, 5) is 23.2. The average Bonchev–Trinajstić information content (AvgIpc) is 2.77. The van der Waals surface area contributed by atoms with E-state index in [1.165, 1.54) is 6.07 Å². The van der Waals surface area contributed by atoms with E-state index in [0.29, 0.717) is 23.1 Å². The molecule has 0 saturated carbocycles. The quantitative estimate of drug-likeness (QED) is 0.684. The largest absolute Gasteiger partial charge is 0.480 e. The van der Waals surface area contributed by atoms with E-state index in [1.54, 1.807) is 17.0 Å². The normalized spacial score (nSPS) is 18.9. The van der Waals surface area contributed by atoms with E-state index in [-0.39, 0.29) is 5.69 Å². The van der Waals surface area contributed by atoms with Crippen LogP contribution in [0.1, 0.15) is 12.8 Å². The summed E-state index contributed by atoms with van der Waals surface area (Å²) in [5, 5.41) is 20.1. The summed E-state index contributed by atoms with van der Waals surface area (Å²) in [5.74, 6) is -0.940. The number of hydrogen-bond acceptors (Lipinski definition) is 4. The van der Waals surface area contributed by atoms with Gasteiger partial charge in [0, 0.05) is 17.1 Å². The lowest BCUT2D eigenvalue weighted by Crippen LogP contribution is -2.36. The molecule has 1 aliphatic heterocycles. The molecule has 96 valence electrons. The first kappa shape index (κ1) is 12.8. The fourth-order valence-corrected chi connectivity index (χ4v) is 2.55. The molecule has 7 heteroatoms. The molecule has 1 aromatic rings. The molecule has 18 heavy (non-hydrogen) atoms. The molecule has 1 saturated heterocycles. The van der Waals surface area contributed by atoms with Gasteiger partial charge >= 0.3 is 5.97 Å². The third kappa shape index (κ3) is 2.31. The van der Waals surface area contributed by atoms with Crippen LogP contribution in [0.15, 0.2) is 22.7 Å². The Morgan fingerprint density at radius 3 is 2.89 bits per heavy atom. The molecular weight excluding hydrogens is 304 g/mol. The maximum atomic E-state index is 11.1. The highest BCUT2D eigenvalue weighted by Crippen LogP contribution is 2.35. The molecule has 1 heterocycles. The summed E-state index contributed by atoms with van der Waals surface area (Å²) in [7, 11) is 0. The van der Waals surface area contributed by atoms with Gasteiger partial charge in [0.25, 0.3) is 5.69 Å². The van der Waals surface area contributed by atoms with Crippen LogP contribution in [0.2, 0.25) is 0 Å². The van der Waals surface area contributed by atoms with E-state index in [0.717, 1.165) is 6.42 Å². The van der Waals surface area contributed by atoms with E-state index in [4.69, 9.17) is 5.11 Å². The number of benzene rings is 1. The van der Waals surface area contributed by atoms with Crippen molar-refractivity contribution in [3.63, 3.8) is 0 Å². The maximum absolute atomic E-state index is 11.1. The number of carbonyl (C=O) groups is 1. The van der Waals surface area contributed by atoms with Gasteiger partial charge < -0.3 is 10.0 Å². The first-order chi connectivity index (χ1) is 8.50. The predicted molar refractivity (Wildman–Crippen MR) is 68.8 cm³/mol. The number of nitro benzene ring substituents is 1. The Hall–Kier alpha value is -1.63. The van der Waals surface area contributed by atoms with Gasteiger partial charge in [-0.05, 0) is 25.0 Å². The molecule has 0 spiro atoms. The van der Waals surface area contributed by atoms with Gasteiger partial charge in [-0.15, -0.1) is 0 Å². The molecule has 0 radical (unpaired) electrons. The zero-order valence-corrected chi connectivity index (χ0v) is 11.0. The zero-order valence-electron chi connectivity index (χ0n) is 9.38. The first-order valence-electron chi connectivity index (χ1n) is 5.44. The Morgan fingerprint density at radius 2 is 2.28 bits per heavy atom. The van der Waals surface area contributed by atoms with Gasteiger partial charge in [-0.25, -0.2) is 4.79 Å². The standard InChI is InChI=1S/C11H11BrN2O4/c12-7-3-4-8(10(6-7)14(17)18)13-5-1-2-9(13)11(15)16/h3-4,6,9H,1-2,5H2,(H,15,16). The molecule has 1 aromatic carbocycles. The highest BCUT2D eigenvalue weighted by molar-refractivity contribution is 9.10. The summed E-state index contributed by atoms with van der Waals surface area (Å²) in [6.07, 6.45) is 1.24. The number of aliphatic carboxylic acids is 1. The lowest BCUT2D eigenvalue weighted by atomic mass is 10.2. The molecule has 0 amide bonds.